The van der Waals surface area contributed by atoms with Crippen LogP contribution < -0.4 is 9.80 Å². The highest BCUT2D eigenvalue weighted by Crippen LogP contribution is 2.52. The molecule has 0 radical (unpaired) electrons. The molecule has 3 nitrogen and oxygen atoms in total. The molecule has 0 saturated heterocycles. The standard InChI is InChI=1S/C50H33N3/c1-3-17-37(18-4-1)51(41-29-30-43-42-21-9-10-23-46(42)52(49(43)33-41)38-19-5-2-6-20-38)39-25-27-40(28-26-39)53-47-24-12-16-34-15-11-22-44(50(34)47)45-31-35-13-7-8-14-36(35)32-48(45)53/h1-33H. The lowest BCUT2D eigenvalue weighted by atomic mass is 9.89. The molecule has 0 atom stereocenters. The SMILES string of the molecule is c1ccc(N(c2ccc(N3c4cc5ccccc5cc4-c4cccc5cccc3c45)cc2)c2ccc3c4ccccc4n(-c4ccccc4)c3c2)cc1. The van der Waals surface area contributed by atoms with E-state index in [0.717, 1.165) is 28.4 Å². The Balaban J connectivity index is 1.09. The second-order valence-electron chi connectivity index (χ2n) is 13.8. The number of anilines is 6. The highest BCUT2D eigenvalue weighted by atomic mass is 15.2. The first-order chi connectivity index (χ1) is 26.3. The predicted octanol–water partition coefficient (Wildman–Crippen LogP) is 14.0. The topological polar surface area (TPSA) is 11.4 Å². The lowest BCUT2D eigenvalue weighted by Gasteiger charge is -2.34. The van der Waals surface area contributed by atoms with Crippen LogP contribution in [-0.4, -0.2) is 4.57 Å². The summed E-state index contributed by atoms with van der Waals surface area (Å²) in [4.78, 5) is 4.81. The summed E-state index contributed by atoms with van der Waals surface area (Å²) in [6.45, 7) is 0. The zero-order valence-corrected chi connectivity index (χ0v) is 28.9. The van der Waals surface area contributed by atoms with Crippen molar-refractivity contribution in [3.8, 4) is 16.8 Å². The van der Waals surface area contributed by atoms with Gasteiger partial charge in [-0.3, -0.25) is 0 Å². The average molecular weight is 676 g/mol. The summed E-state index contributed by atoms with van der Waals surface area (Å²) >= 11 is 0. The number of rotatable bonds is 5. The van der Waals surface area contributed by atoms with E-state index in [1.165, 1.54) is 65.9 Å². The van der Waals surface area contributed by atoms with E-state index in [-0.39, 0.29) is 0 Å². The van der Waals surface area contributed by atoms with Gasteiger partial charge in [-0.25, -0.2) is 0 Å². The fraction of sp³-hybridized carbons (Fsp3) is 0. The normalized spacial score (nSPS) is 12.1. The van der Waals surface area contributed by atoms with Gasteiger partial charge in [-0.2, -0.15) is 0 Å². The largest absolute Gasteiger partial charge is 0.310 e. The maximum atomic E-state index is 2.44. The molecule has 9 aromatic carbocycles. The van der Waals surface area contributed by atoms with Crippen LogP contribution in [0.25, 0.3) is 60.2 Å². The van der Waals surface area contributed by atoms with Crippen LogP contribution >= 0.6 is 0 Å². The van der Waals surface area contributed by atoms with Gasteiger partial charge in [0, 0.05) is 50.2 Å². The molecule has 3 heteroatoms. The van der Waals surface area contributed by atoms with E-state index >= 15 is 0 Å². The Kier molecular flexibility index (Phi) is 6.55. The van der Waals surface area contributed by atoms with Crippen molar-refractivity contribution in [3.63, 3.8) is 0 Å². The van der Waals surface area contributed by atoms with Crippen LogP contribution in [0.3, 0.4) is 0 Å². The quantitative estimate of drug-likeness (QED) is 0.180. The lowest BCUT2D eigenvalue weighted by Crippen LogP contribution is -2.15. The van der Waals surface area contributed by atoms with Gasteiger partial charge >= 0.3 is 0 Å². The Morgan fingerprint density at radius 1 is 0.340 bits per heavy atom. The number of nitrogens with zero attached hydrogens (tertiary/aromatic N) is 3. The van der Waals surface area contributed by atoms with Crippen LogP contribution in [0.15, 0.2) is 200 Å². The maximum Gasteiger partial charge on any atom is 0.0561 e. The number of benzene rings is 9. The third-order valence-electron chi connectivity index (χ3n) is 10.8. The molecule has 0 bridgehead atoms. The summed E-state index contributed by atoms with van der Waals surface area (Å²) in [5.74, 6) is 0. The van der Waals surface area contributed by atoms with Gasteiger partial charge in [0.25, 0.3) is 0 Å². The summed E-state index contributed by atoms with van der Waals surface area (Å²) in [5.41, 5.74) is 12.9. The Bertz CT molecular complexity index is 2990. The fourth-order valence-electron chi connectivity index (χ4n) is 8.50. The smallest absolute Gasteiger partial charge is 0.0561 e. The first-order valence-corrected chi connectivity index (χ1v) is 18.2. The van der Waals surface area contributed by atoms with Crippen LogP contribution in [0, 0.1) is 0 Å². The molecule has 0 spiro atoms. The summed E-state index contributed by atoms with van der Waals surface area (Å²) in [6, 6.07) is 72.7. The number of hydrogen-bond donors (Lipinski definition) is 0. The highest BCUT2D eigenvalue weighted by molar-refractivity contribution is 6.16. The van der Waals surface area contributed by atoms with E-state index in [4.69, 9.17) is 0 Å². The summed E-state index contributed by atoms with van der Waals surface area (Å²) < 4.78 is 2.39. The van der Waals surface area contributed by atoms with Gasteiger partial charge < -0.3 is 14.4 Å². The van der Waals surface area contributed by atoms with Gasteiger partial charge in [0.15, 0.2) is 0 Å². The molecule has 0 fully saturated rings. The Morgan fingerprint density at radius 3 is 1.77 bits per heavy atom. The molecule has 1 aliphatic heterocycles. The number of aromatic nitrogens is 1. The van der Waals surface area contributed by atoms with E-state index < -0.39 is 0 Å². The van der Waals surface area contributed by atoms with Gasteiger partial charge in [-0.1, -0.05) is 115 Å². The molecule has 0 N–H and O–H groups in total. The monoisotopic (exact) mass is 675 g/mol. The lowest BCUT2D eigenvalue weighted by molar-refractivity contribution is 1.18. The van der Waals surface area contributed by atoms with Crippen molar-refractivity contribution in [2.24, 2.45) is 0 Å². The zero-order valence-electron chi connectivity index (χ0n) is 28.9. The highest BCUT2D eigenvalue weighted by Gasteiger charge is 2.27. The molecule has 0 saturated carbocycles. The van der Waals surface area contributed by atoms with E-state index in [9.17, 15) is 0 Å². The molecule has 10 aromatic rings. The van der Waals surface area contributed by atoms with Gasteiger partial charge in [0.05, 0.1) is 22.4 Å². The molecule has 0 amide bonds. The van der Waals surface area contributed by atoms with Crippen molar-refractivity contribution in [3.05, 3.63) is 200 Å². The van der Waals surface area contributed by atoms with Crippen LogP contribution in [-0.2, 0) is 0 Å². The minimum Gasteiger partial charge on any atom is -0.310 e. The number of fused-ring (bicyclic) bond motifs is 6. The third kappa shape index (κ3) is 4.61. The minimum absolute atomic E-state index is 1.09. The molecule has 11 rings (SSSR count). The molecule has 53 heavy (non-hydrogen) atoms. The van der Waals surface area contributed by atoms with Crippen LogP contribution in [0.5, 0.6) is 0 Å². The molecule has 2 heterocycles. The van der Waals surface area contributed by atoms with Crippen molar-refractivity contribution in [1.82, 2.24) is 4.57 Å². The van der Waals surface area contributed by atoms with Crippen molar-refractivity contribution >= 4 is 77.5 Å². The van der Waals surface area contributed by atoms with E-state index in [0.29, 0.717) is 0 Å². The number of hydrogen-bond acceptors (Lipinski definition) is 2. The van der Waals surface area contributed by atoms with Crippen LogP contribution in [0.2, 0.25) is 0 Å². The van der Waals surface area contributed by atoms with E-state index in [1.807, 2.05) is 0 Å². The minimum atomic E-state index is 1.09. The Morgan fingerprint density at radius 2 is 0.962 bits per heavy atom. The number of para-hydroxylation sites is 3. The Hall–Kier alpha value is -7.10. The zero-order chi connectivity index (χ0) is 34.9. The summed E-state index contributed by atoms with van der Waals surface area (Å²) in [6.07, 6.45) is 0. The third-order valence-corrected chi connectivity index (χ3v) is 10.8. The van der Waals surface area contributed by atoms with Gasteiger partial charge in [0.1, 0.15) is 0 Å². The van der Waals surface area contributed by atoms with Crippen LogP contribution in [0.1, 0.15) is 0 Å². The van der Waals surface area contributed by atoms with Crippen molar-refractivity contribution < 1.29 is 0 Å². The maximum absolute atomic E-state index is 2.44. The van der Waals surface area contributed by atoms with Crippen molar-refractivity contribution in [2.45, 2.75) is 0 Å². The second-order valence-corrected chi connectivity index (χ2v) is 13.8. The summed E-state index contributed by atoms with van der Waals surface area (Å²) in [5, 5.41) is 7.51. The van der Waals surface area contributed by atoms with E-state index in [2.05, 4.69) is 215 Å². The molecule has 1 aromatic heterocycles. The summed E-state index contributed by atoms with van der Waals surface area (Å²) in [7, 11) is 0. The van der Waals surface area contributed by atoms with Gasteiger partial charge in [0.2, 0.25) is 0 Å². The first kappa shape index (κ1) is 29.6. The molecule has 0 unspecified atom stereocenters. The Labute approximate surface area is 307 Å². The van der Waals surface area contributed by atoms with Gasteiger partial charge in [-0.15, -0.1) is 0 Å². The average Bonchev–Trinajstić information content (AvgIpc) is 3.55. The molecule has 1 aliphatic rings. The molecule has 0 aliphatic carbocycles. The van der Waals surface area contributed by atoms with E-state index in [1.54, 1.807) is 0 Å². The molecular weight excluding hydrogens is 643 g/mol. The molecular formula is C50H33N3. The predicted molar refractivity (Wildman–Crippen MR) is 224 cm³/mol. The first-order valence-electron chi connectivity index (χ1n) is 18.2. The van der Waals surface area contributed by atoms with Crippen molar-refractivity contribution in [1.29, 1.82) is 0 Å². The second kappa shape index (κ2) is 11.7. The van der Waals surface area contributed by atoms with Gasteiger partial charge in [-0.05, 0) is 107 Å². The van der Waals surface area contributed by atoms with Crippen molar-refractivity contribution in [2.75, 3.05) is 9.80 Å². The van der Waals surface area contributed by atoms with Crippen LogP contribution in [0.4, 0.5) is 34.1 Å². The fourth-order valence-corrected chi connectivity index (χ4v) is 8.50. The molecule has 248 valence electrons.